The van der Waals surface area contributed by atoms with Gasteiger partial charge >= 0.3 is 0 Å². The Morgan fingerprint density at radius 2 is 0.833 bits per heavy atom. The van der Waals surface area contributed by atoms with E-state index >= 15 is 0 Å². The van der Waals surface area contributed by atoms with Crippen LogP contribution in [0.25, 0.3) is 12.2 Å². The van der Waals surface area contributed by atoms with Crippen LogP contribution < -0.4 is 10.6 Å². The number of rotatable bonds is 12. The summed E-state index contributed by atoms with van der Waals surface area (Å²) >= 11 is 0. The van der Waals surface area contributed by atoms with Gasteiger partial charge in [-0.1, -0.05) is 60.7 Å². The lowest BCUT2D eigenvalue weighted by atomic mass is 10.1. The molecule has 8 heteroatoms. The number of carbonyl (C=O) groups excluding carboxylic acids is 4. The Bertz CT molecular complexity index is 1310. The highest BCUT2D eigenvalue weighted by Crippen LogP contribution is 2.13. The van der Waals surface area contributed by atoms with E-state index in [-0.39, 0.29) is 34.3 Å². The van der Waals surface area contributed by atoms with Crippen LogP contribution in [0.4, 0.5) is 0 Å². The summed E-state index contributed by atoms with van der Waals surface area (Å²) in [4.78, 5) is 55.9. The third-order valence-corrected chi connectivity index (χ3v) is 6.69. The summed E-state index contributed by atoms with van der Waals surface area (Å²) < 4.78 is 0. The van der Waals surface area contributed by atoms with E-state index in [1.165, 1.54) is 24.3 Å². The highest BCUT2D eigenvalue weighted by Gasteiger charge is 2.21. The normalized spacial score (nSPS) is 11.4. The number of likely N-dealkylation sites (N-methyl/N-ethyl adjacent to an activating group) is 2. The fraction of sp³-hybridized carbons (Fsp3) is 0.235. The van der Waals surface area contributed by atoms with E-state index in [4.69, 9.17) is 0 Å². The average Bonchev–Trinajstić information content (AvgIpc) is 3.02. The summed E-state index contributed by atoms with van der Waals surface area (Å²) in [6.45, 7) is 9.51. The van der Waals surface area contributed by atoms with Crippen molar-refractivity contribution in [2.45, 2.75) is 27.7 Å². The molecule has 0 aromatic heterocycles. The van der Waals surface area contributed by atoms with Crippen molar-refractivity contribution in [1.82, 2.24) is 20.4 Å². The summed E-state index contributed by atoms with van der Waals surface area (Å²) in [6, 6.07) is 24.6. The van der Waals surface area contributed by atoms with Crippen LogP contribution in [0.15, 0.2) is 96.3 Å². The molecule has 2 N–H and O–H groups in total. The Kier molecular flexibility index (Phi) is 11.8. The van der Waals surface area contributed by atoms with Gasteiger partial charge < -0.3 is 20.4 Å². The molecule has 0 spiro atoms. The zero-order valence-corrected chi connectivity index (χ0v) is 24.6. The molecule has 4 amide bonds. The van der Waals surface area contributed by atoms with Gasteiger partial charge in [-0.05, 0) is 75.2 Å². The van der Waals surface area contributed by atoms with Gasteiger partial charge in [0.1, 0.15) is 11.4 Å². The molecule has 0 radical (unpaired) electrons. The second-order valence-corrected chi connectivity index (χ2v) is 9.38. The number of benzene rings is 3. The number of carbonyl (C=O) groups is 4. The molecule has 8 nitrogen and oxygen atoms in total. The van der Waals surface area contributed by atoms with Crippen molar-refractivity contribution in [1.29, 1.82) is 0 Å². The van der Waals surface area contributed by atoms with Crippen molar-refractivity contribution in [3.05, 3.63) is 119 Å². The zero-order valence-electron chi connectivity index (χ0n) is 24.6. The van der Waals surface area contributed by atoms with Gasteiger partial charge in [-0.15, -0.1) is 0 Å². The van der Waals surface area contributed by atoms with Gasteiger partial charge in [0, 0.05) is 37.3 Å². The van der Waals surface area contributed by atoms with Gasteiger partial charge in [0.2, 0.25) is 0 Å². The minimum absolute atomic E-state index is 0.155. The maximum Gasteiger partial charge on any atom is 0.270 e. The van der Waals surface area contributed by atoms with Crippen LogP contribution >= 0.6 is 0 Å². The highest BCUT2D eigenvalue weighted by molar-refractivity contribution is 6.07. The van der Waals surface area contributed by atoms with Gasteiger partial charge in [0.25, 0.3) is 23.6 Å². The minimum atomic E-state index is -0.481. The second kappa shape index (κ2) is 15.7. The summed E-state index contributed by atoms with van der Waals surface area (Å²) in [5.74, 6) is -1.54. The topological polar surface area (TPSA) is 98.8 Å². The Hall–Kier alpha value is -4.98. The molecule has 218 valence electrons. The number of nitrogens with one attached hydrogen (secondary N) is 2. The first-order chi connectivity index (χ1) is 20.3. The maximum absolute atomic E-state index is 13.2. The van der Waals surface area contributed by atoms with E-state index < -0.39 is 11.8 Å². The van der Waals surface area contributed by atoms with Crippen LogP contribution in [-0.4, -0.2) is 59.6 Å². The molecule has 0 saturated heterocycles. The lowest BCUT2D eigenvalue weighted by Gasteiger charge is -2.21. The van der Waals surface area contributed by atoms with E-state index in [9.17, 15) is 19.2 Å². The third-order valence-electron chi connectivity index (χ3n) is 6.69. The Labute approximate surface area is 247 Å². The Morgan fingerprint density at radius 1 is 0.524 bits per heavy atom. The van der Waals surface area contributed by atoms with E-state index in [1.807, 2.05) is 88.4 Å². The summed E-state index contributed by atoms with van der Waals surface area (Å²) in [5.41, 5.74) is 2.41. The molecular weight excluding hydrogens is 528 g/mol. The molecule has 0 fully saturated rings. The molecule has 0 unspecified atom stereocenters. The largest absolute Gasteiger partial charge is 0.338 e. The van der Waals surface area contributed by atoms with E-state index in [2.05, 4.69) is 10.6 Å². The molecule has 0 atom stereocenters. The summed E-state index contributed by atoms with van der Waals surface area (Å²) in [6.07, 6.45) is 3.29. The molecule has 3 aromatic rings. The first-order valence-corrected chi connectivity index (χ1v) is 14.2. The van der Waals surface area contributed by atoms with E-state index in [0.29, 0.717) is 26.2 Å². The van der Waals surface area contributed by atoms with Gasteiger partial charge in [0.05, 0.1) is 0 Å². The summed E-state index contributed by atoms with van der Waals surface area (Å²) in [5, 5.41) is 5.50. The number of nitrogens with zero attached hydrogens (tertiary/aromatic N) is 2. The minimum Gasteiger partial charge on any atom is -0.338 e. The maximum atomic E-state index is 13.2. The van der Waals surface area contributed by atoms with Crippen LogP contribution in [0.3, 0.4) is 0 Å². The van der Waals surface area contributed by atoms with E-state index in [1.54, 1.807) is 22.0 Å². The fourth-order valence-corrected chi connectivity index (χ4v) is 4.26. The van der Waals surface area contributed by atoms with Crippen LogP contribution in [0.5, 0.6) is 0 Å². The van der Waals surface area contributed by atoms with Gasteiger partial charge in [-0.25, -0.2) is 0 Å². The molecule has 0 heterocycles. The van der Waals surface area contributed by atoms with Crippen LogP contribution in [0, 0.1) is 0 Å². The van der Waals surface area contributed by atoms with Crippen molar-refractivity contribution in [2.24, 2.45) is 0 Å². The highest BCUT2D eigenvalue weighted by atomic mass is 16.2. The van der Waals surface area contributed by atoms with Crippen molar-refractivity contribution < 1.29 is 19.2 Å². The Balaban J connectivity index is 1.81. The first-order valence-electron chi connectivity index (χ1n) is 14.2. The van der Waals surface area contributed by atoms with Gasteiger partial charge in [-0.3, -0.25) is 19.2 Å². The van der Waals surface area contributed by atoms with Gasteiger partial charge in [0.15, 0.2) is 0 Å². The van der Waals surface area contributed by atoms with Crippen LogP contribution in [0.2, 0.25) is 0 Å². The predicted octanol–water partition coefficient (Wildman–Crippen LogP) is 4.97. The standard InChI is InChI=1S/C34H38N4O4/c1-5-37(6-2)33(41)29(23-25-15-11-9-12-16-25)35-31(39)27-19-21-28(22-20-27)32(40)36-30(34(42)38(7-3)8-4)24-26-17-13-10-14-18-26/h9-24H,5-8H2,1-4H3,(H,35,39)(H,36,40)/b29-23+,30-24+. The number of hydrogen-bond donors (Lipinski definition) is 2. The molecular formula is C34H38N4O4. The van der Waals surface area contributed by atoms with Crippen molar-refractivity contribution in [3.8, 4) is 0 Å². The first kappa shape index (κ1) is 31.5. The second-order valence-electron chi connectivity index (χ2n) is 9.38. The lowest BCUT2D eigenvalue weighted by molar-refractivity contribution is -0.127. The van der Waals surface area contributed by atoms with Crippen molar-refractivity contribution in [2.75, 3.05) is 26.2 Å². The zero-order chi connectivity index (χ0) is 30.5. The third kappa shape index (κ3) is 8.51. The average molecular weight is 567 g/mol. The van der Waals surface area contributed by atoms with Gasteiger partial charge in [-0.2, -0.15) is 0 Å². The molecule has 3 rings (SSSR count). The van der Waals surface area contributed by atoms with Crippen molar-refractivity contribution in [3.63, 3.8) is 0 Å². The molecule has 0 aliphatic carbocycles. The van der Waals surface area contributed by atoms with Crippen molar-refractivity contribution >= 4 is 35.8 Å². The predicted molar refractivity (Wildman–Crippen MR) is 166 cm³/mol. The number of amides is 4. The lowest BCUT2D eigenvalue weighted by Crippen LogP contribution is -2.38. The monoisotopic (exact) mass is 566 g/mol. The van der Waals surface area contributed by atoms with E-state index in [0.717, 1.165) is 11.1 Å². The smallest absolute Gasteiger partial charge is 0.270 e. The molecule has 0 aliphatic rings. The molecule has 0 bridgehead atoms. The summed E-state index contributed by atoms with van der Waals surface area (Å²) in [7, 11) is 0. The SMILES string of the molecule is CCN(CC)C(=O)/C(=C\c1ccccc1)NC(=O)c1ccc(C(=O)N/C(=C/c2ccccc2)C(=O)N(CC)CC)cc1. The molecule has 0 aliphatic heterocycles. The fourth-order valence-electron chi connectivity index (χ4n) is 4.26. The molecule has 0 saturated carbocycles. The van der Waals surface area contributed by atoms with Crippen LogP contribution in [0.1, 0.15) is 59.5 Å². The Morgan fingerprint density at radius 3 is 1.12 bits per heavy atom. The van der Waals surface area contributed by atoms with Crippen LogP contribution in [-0.2, 0) is 9.59 Å². The molecule has 42 heavy (non-hydrogen) atoms. The molecule has 3 aromatic carbocycles. The quantitative estimate of drug-likeness (QED) is 0.303. The number of hydrogen-bond acceptors (Lipinski definition) is 4.